The molecule has 2 atom stereocenters. The summed E-state index contributed by atoms with van der Waals surface area (Å²) >= 11 is 0. The van der Waals surface area contributed by atoms with Crippen molar-refractivity contribution in [2.45, 2.75) is 69.4 Å². The number of rotatable bonds is 4. The Hall–Kier alpha value is -1.17. The minimum Gasteiger partial charge on any atom is -0.356 e. The number of hydrogen-bond acceptors (Lipinski definition) is 5. The Balaban J connectivity index is 1.22. The van der Waals surface area contributed by atoms with Gasteiger partial charge in [-0.1, -0.05) is 25.3 Å². The number of anilines is 1. The Bertz CT molecular complexity index is 621. The van der Waals surface area contributed by atoms with Gasteiger partial charge >= 0.3 is 0 Å². The summed E-state index contributed by atoms with van der Waals surface area (Å²) in [6.07, 6.45) is 14.5. The van der Waals surface area contributed by atoms with E-state index in [1.54, 1.807) is 0 Å². The van der Waals surface area contributed by atoms with Gasteiger partial charge in [-0.05, 0) is 63.1 Å². The molecule has 3 aliphatic heterocycles. The molecule has 154 valence electrons. The third-order valence-corrected chi connectivity index (χ3v) is 8.16. The highest BCUT2D eigenvalue weighted by Gasteiger charge is 2.45. The highest BCUT2D eigenvalue weighted by molar-refractivity contribution is 5.38. The van der Waals surface area contributed by atoms with E-state index in [9.17, 15) is 0 Å². The number of nitrogens with one attached hydrogen (secondary N) is 2. The van der Waals surface area contributed by atoms with Crippen molar-refractivity contribution in [2.75, 3.05) is 37.6 Å². The van der Waals surface area contributed by atoms with Crippen LogP contribution in [-0.2, 0) is 0 Å². The van der Waals surface area contributed by atoms with Crippen molar-refractivity contribution in [1.29, 1.82) is 0 Å². The van der Waals surface area contributed by atoms with Gasteiger partial charge in [0, 0.05) is 49.9 Å². The molecule has 4 aliphatic rings. The van der Waals surface area contributed by atoms with Crippen molar-refractivity contribution in [2.24, 2.45) is 11.8 Å². The van der Waals surface area contributed by atoms with Crippen molar-refractivity contribution in [3.8, 4) is 0 Å². The number of aromatic nitrogens is 1. The second kappa shape index (κ2) is 8.29. The molecule has 5 nitrogen and oxygen atoms in total. The predicted octanol–water partition coefficient (Wildman–Crippen LogP) is 3.19. The zero-order chi connectivity index (χ0) is 18.8. The van der Waals surface area contributed by atoms with Gasteiger partial charge in [0.05, 0.1) is 0 Å². The van der Waals surface area contributed by atoms with Gasteiger partial charge in [0.1, 0.15) is 5.82 Å². The smallest absolute Gasteiger partial charge is 0.128 e. The summed E-state index contributed by atoms with van der Waals surface area (Å²) in [7, 11) is 0. The number of nitrogens with zero attached hydrogens (tertiary/aromatic N) is 3. The lowest BCUT2D eigenvalue weighted by atomic mass is 9.78. The normalized spacial score (nSPS) is 31.6. The maximum Gasteiger partial charge on any atom is 0.128 e. The van der Waals surface area contributed by atoms with E-state index in [4.69, 9.17) is 0 Å². The van der Waals surface area contributed by atoms with Crippen molar-refractivity contribution < 1.29 is 0 Å². The van der Waals surface area contributed by atoms with Crippen LogP contribution in [0, 0.1) is 11.8 Å². The lowest BCUT2D eigenvalue weighted by molar-refractivity contribution is 0.0814. The van der Waals surface area contributed by atoms with Gasteiger partial charge in [-0.25, -0.2) is 4.98 Å². The Kier molecular flexibility index (Phi) is 5.58. The fraction of sp³-hybridized carbons (Fsp3) is 0.783. The van der Waals surface area contributed by atoms with E-state index in [0.717, 1.165) is 37.3 Å². The highest BCUT2D eigenvalue weighted by atomic mass is 15.4. The average molecular weight is 384 g/mol. The maximum absolute atomic E-state index is 4.58. The monoisotopic (exact) mass is 383 g/mol. The lowest BCUT2D eigenvalue weighted by Crippen LogP contribution is -2.54. The van der Waals surface area contributed by atoms with E-state index in [0.29, 0.717) is 11.6 Å². The molecule has 0 aromatic carbocycles. The summed E-state index contributed by atoms with van der Waals surface area (Å²) in [5, 5.41) is 0. The summed E-state index contributed by atoms with van der Waals surface area (Å²) in [6, 6.07) is 6.97. The lowest BCUT2D eigenvalue weighted by Gasteiger charge is -2.46. The number of piperidine rings is 1. The second-order valence-electron chi connectivity index (χ2n) is 9.66. The molecule has 5 rings (SSSR count). The molecule has 5 heteroatoms. The third-order valence-electron chi connectivity index (χ3n) is 8.16. The van der Waals surface area contributed by atoms with Gasteiger partial charge in [0.25, 0.3) is 0 Å². The van der Waals surface area contributed by atoms with Crippen molar-refractivity contribution >= 4 is 5.82 Å². The first kappa shape index (κ1) is 18.8. The van der Waals surface area contributed by atoms with Crippen LogP contribution in [0.3, 0.4) is 0 Å². The predicted molar refractivity (Wildman–Crippen MR) is 114 cm³/mol. The van der Waals surface area contributed by atoms with Gasteiger partial charge in [-0.15, -0.1) is 0 Å². The van der Waals surface area contributed by atoms with E-state index in [1.807, 2.05) is 12.3 Å². The molecule has 1 aromatic rings. The van der Waals surface area contributed by atoms with Crippen LogP contribution in [0.2, 0.25) is 0 Å². The Labute approximate surface area is 170 Å². The van der Waals surface area contributed by atoms with Gasteiger partial charge in [-0.3, -0.25) is 15.8 Å². The number of pyridine rings is 1. The Morgan fingerprint density at radius 3 is 2.64 bits per heavy atom. The van der Waals surface area contributed by atoms with Crippen molar-refractivity contribution in [1.82, 2.24) is 20.7 Å². The van der Waals surface area contributed by atoms with E-state index in [-0.39, 0.29) is 0 Å². The van der Waals surface area contributed by atoms with Gasteiger partial charge < -0.3 is 4.90 Å². The molecule has 0 radical (unpaired) electrons. The SMILES string of the molecule is c1ccc(N2CCC3(CCCN3CC3CNNC3C3CCCCC3)CC2)nc1. The van der Waals surface area contributed by atoms with Crippen LogP contribution in [0.5, 0.6) is 0 Å². The zero-order valence-corrected chi connectivity index (χ0v) is 17.3. The van der Waals surface area contributed by atoms with E-state index in [1.165, 1.54) is 70.9 Å². The number of hydrogen-bond donors (Lipinski definition) is 2. The fourth-order valence-corrected chi connectivity index (χ4v) is 6.55. The molecule has 4 fully saturated rings. The fourth-order valence-electron chi connectivity index (χ4n) is 6.55. The van der Waals surface area contributed by atoms with Crippen LogP contribution < -0.4 is 15.8 Å². The standard InChI is InChI=1S/C23H37N5/c1-2-7-19(8-3-1)22-20(17-25-26-22)18-28-14-6-10-23(28)11-15-27(16-12-23)21-9-4-5-13-24-21/h4-5,9,13,19-20,22,25-26H,1-3,6-8,10-12,14-18H2. The third kappa shape index (κ3) is 3.69. The minimum atomic E-state index is 0.449. The molecule has 4 heterocycles. The quantitative estimate of drug-likeness (QED) is 0.836. The van der Waals surface area contributed by atoms with Crippen molar-refractivity contribution in [3.05, 3.63) is 24.4 Å². The van der Waals surface area contributed by atoms with Crippen LogP contribution in [0.15, 0.2) is 24.4 Å². The molecule has 2 unspecified atom stereocenters. The second-order valence-corrected chi connectivity index (χ2v) is 9.66. The Morgan fingerprint density at radius 2 is 1.86 bits per heavy atom. The summed E-state index contributed by atoms with van der Waals surface area (Å²) in [6.45, 7) is 6.04. The minimum absolute atomic E-state index is 0.449. The molecule has 0 amide bonds. The first-order valence-electron chi connectivity index (χ1n) is 11.7. The van der Waals surface area contributed by atoms with E-state index >= 15 is 0 Å². The van der Waals surface area contributed by atoms with Crippen LogP contribution in [-0.4, -0.2) is 54.2 Å². The average Bonchev–Trinajstić information content (AvgIpc) is 3.38. The molecule has 1 spiro atoms. The zero-order valence-electron chi connectivity index (χ0n) is 17.3. The highest BCUT2D eigenvalue weighted by Crippen LogP contribution is 2.40. The molecular formula is C23H37N5. The first-order chi connectivity index (χ1) is 13.8. The maximum atomic E-state index is 4.58. The van der Waals surface area contributed by atoms with Gasteiger partial charge in [0.2, 0.25) is 0 Å². The van der Waals surface area contributed by atoms with Crippen LogP contribution in [0.25, 0.3) is 0 Å². The molecule has 28 heavy (non-hydrogen) atoms. The molecule has 1 aromatic heterocycles. The molecule has 2 N–H and O–H groups in total. The van der Waals surface area contributed by atoms with Crippen LogP contribution >= 0.6 is 0 Å². The Morgan fingerprint density at radius 1 is 1.00 bits per heavy atom. The largest absolute Gasteiger partial charge is 0.356 e. The number of hydrazine groups is 1. The summed E-state index contributed by atoms with van der Waals surface area (Å²) in [4.78, 5) is 9.97. The molecule has 1 saturated carbocycles. The van der Waals surface area contributed by atoms with E-state index in [2.05, 4.69) is 37.8 Å². The molecule has 1 aliphatic carbocycles. The topological polar surface area (TPSA) is 43.4 Å². The van der Waals surface area contributed by atoms with Crippen LogP contribution in [0.4, 0.5) is 5.82 Å². The van der Waals surface area contributed by atoms with E-state index < -0.39 is 0 Å². The first-order valence-corrected chi connectivity index (χ1v) is 11.7. The van der Waals surface area contributed by atoms with Gasteiger partial charge in [-0.2, -0.15) is 0 Å². The summed E-state index contributed by atoms with van der Waals surface area (Å²) < 4.78 is 0. The molecule has 3 saturated heterocycles. The molecule has 0 bridgehead atoms. The molecular weight excluding hydrogens is 346 g/mol. The van der Waals surface area contributed by atoms with Crippen LogP contribution in [0.1, 0.15) is 57.8 Å². The summed E-state index contributed by atoms with van der Waals surface area (Å²) in [5.74, 6) is 2.81. The van der Waals surface area contributed by atoms with Crippen molar-refractivity contribution in [3.63, 3.8) is 0 Å². The van der Waals surface area contributed by atoms with Gasteiger partial charge in [0.15, 0.2) is 0 Å². The number of likely N-dealkylation sites (tertiary alicyclic amines) is 1. The summed E-state index contributed by atoms with van der Waals surface area (Å²) in [5.41, 5.74) is 7.65.